The first-order valence-electron chi connectivity index (χ1n) is 4.47. The average Bonchev–Trinajstić information content (AvgIpc) is 2.18. The molecule has 0 aromatic carbocycles. The zero-order valence-electron chi connectivity index (χ0n) is 7.42. The van der Waals surface area contributed by atoms with Crippen molar-refractivity contribution in [3.63, 3.8) is 0 Å². The van der Waals surface area contributed by atoms with Crippen molar-refractivity contribution in [3.05, 3.63) is 0 Å². The Morgan fingerprint density at radius 3 is 2.42 bits per heavy atom. The number of rotatable bonds is 2. The van der Waals surface area contributed by atoms with Crippen molar-refractivity contribution in [2.45, 2.75) is 44.6 Å². The molecule has 0 bridgehead atoms. The van der Waals surface area contributed by atoms with Crippen LogP contribution in [0.15, 0.2) is 0 Å². The summed E-state index contributed by atoms with van der Waals surface area (Å²) in [5, 5.41) is 17.4. The molecule has 1 aliphatic rings. The minimum absolute atomic E-state index is 0.196. The Kier molecular flexibility index (Phi) is 3.07. The summed E-state index contributed by atoms with van der Waals surface area (Å²) in [6, 6.07) is 2.03. The molecule has 1 unspecified atom stereocenters. The van der Waals surface area contributed by atoms with Crippen LogP contribution in [0.1, 0.15) is 39.0 Å². The van der Waals surface area contributed by atoms with Gasteiger partial charge < -0.3 is 0 Å². The summed E-state index contributed by atoms with van der Waals surface area (Å²) in [5.41, 5.74) is -0.986. The van der Waals surface area contributed by atoms with Gasteiger partial charge in [-0.2, -0.15) is 5.26 Å². The van der Waals surface area contributed by atoms with Crippen molar-refractivity contribution in [1.29, 1.82) is 5.26 Å². The highest BCUT2D eigenvalue weighted by Crippen LogP contribution is 2.33. The minimum Gasteiger partial charge on any atom is -0.250 e. The Labute approximate surface area is 72.9 Å². The SMILES string of the molecule is CC(C#N)(OO)C1CCCCC1. The molecule has 3 heteroatoms. The van der Waals surface area contributed by atoms with Crippen LogP contribution in [-0.4, -0.2) is 10.9 Å². The maximum absolute atomic E-state index is 8.80. The lowest BCUT2D eigenvalue weighted by atomic mass is 9.78. The predicted octanol–water partition coefficient (Wildman–Crippen LogP) is 2.34. The second-order valence-electron chi connectivity index (χ2n) is 3.65. The van der Waals surface area contributed by atoms with E-state index in [-0.39, 0.29) is 5.92 Å². The lowest BCUT2D eigenvalue weighted by molar-refractivity contribution is -0.314. The number of nitrogens with zero attached hydrogens (tertiary/aromatic N) is 1. The van der Waals surface area contributed by atoms with E-state index in [1.807, 2.05) is 6.07 Å². The highest BCUT2D eigenvalue weighted by atomic mass is 17.1. The van der Waals surface area contributed by atoms with Crippen molar-refractivity contribution < 1.29 is 10.1 Å². The van der Waals surface area contributed by atoms with Crippen LogP contribution in [0.5, 0.6) is 0 Å². The molecule has 1 atom stereocenters. The van der Waals surface area contributed by atoms with Gasteiger partial charge >= 0.3 is 0 Å². The van der Waals surface area contributed by atoms with Crippen molar-refractivity contribution in [2.75, 3.05) is 0 Å². The Hall–Kier alpha value is -0.590. The lowest BCUT2D eigenvalue weighted by Crippen LogP contribution is -2.36. The molecule has 1 rings (SSSR count). The van der Waals surface area contributed by atoms with E-state index in [0.29, 0.717) is 0 Å². The Balaban J connectivity index is 2.59. The van der Waals surface area contributed by atoms with Gasteiger partial charge in [0, 0.05) is 5.92 Å². The van der Waals surface area contributed by atoms with E-state index in [1.165, 1.54) is 6.42 Å². The van der Waals surface area contributed by atoms with Crippen molar-refractivity contribution in [2.24, 2.45) is 5.92 Å². The standard InChI is InChI=1S/C9H15NO2/c1-9(7-10,12-11)8-5-3-2-4-6-8/h8,11H,2-6H2,1H3. The third-order valence-corrected chi connectivity index (χ3v) is 2.80. The van der Waals surface area contributed by atoms with E-state index in [4.69, 9.17) is 10.5 Å². The van der Waals surface area contributed by atoms with Crippen LogP contribution < -0.4 is 0 Å². The largest absolute Gasteiger partial charge is 0.250 e. The van der Waals surface area contributed by atoms with Gasteiger partial charge in [0.05, 0.1) is 0 Å². The van der Waals surface area contributed by atoms with E-state index < -0.39 is 5.60 Å². The molecule has 1 saturated carbocycles. The lowest BCUT2D eigenvalue weighted by Gasteiger charge is -2.31. The van der Waals surface area contributed by atoms with Gasteiger partial charge in [0.15, 0.2) is 5.60 Å². The smallest absolute Gasteiger partial charge is 0.188 e. The first-order valence-corrected chi connectivity index (χ1v) is 4.47. The molecule has 0 spiro atoms. The Bertz CT molecular complexity index is 181. The van der Waals surface area contributed by atoms with Gasteiger partial charge in [0.2, 0.25) is 0 Å². The average molecular weight is 169 g/mol. The van der Waals surface area contributed by atoms with Gasteiger partial charge in [-0.05, 0) is 19.8 Å². The zero-order valence-corrected chi connectivity index (χ0v) is 7.42. The summed E-state index contributed by atoms with van der Waals surface area (Å²) in [5.74, 6) is 0.196. The van der Waals surface area contributed by atoms with Crippen LogP contribution in [0, 0.1) is 17.2 Å². The van der Waals surface area contributed by atoms with Crippen LogP contribution in [0.2, 0.25) is 0 Å². The first-order chi connectivity index (χ1) is 5.73. The highest BCUT2D eigenvalue weighted by molar-refractivity contribution is 5.02. The molecule has 1 N–H and O–H groups in total. The third kappa shape index (κ3) is 1.77. The van der Waals surface area contributed by atoms with Gasteiger partial charge in [0.25, 0.3) is 0 Å². The highest BCUT2D eigenvalue weighted by Gasteiger charge is 2.36. The number of nitriles is 1. The fourth-order valence-electron chi connectivity index (χ4n) is 1.84. The zero-order chi connectivity index (χ0) is 9.03. The molecule has 1 fully saturated rings. The van der Waals surface area contributed by atoms with Gasteiger partial charge in [-0.3, -0.25) is 5.26 Å². The summed E-state index contributed by atoms with van der Waals surface area (Å²) < 4.78 is 0. The monoisotopic (exact) mass is 169 g/mol. The maximum Gasteiger partial charge on any atom is 0.188 e. The quantitative estimate of drug-likeness (QED) is 0.510. The number of hydrogen-bond acceptors (Lipinski definition) is 3. The summed E-state index contributed by atoms with van der Waals surface area (Å²) in [7, 11) is 0. The van der Waals surface area contributed by atoms with Crippen LogP contribution in [0.25, 0.3) is 0 Å². The third-order valence-electron chi connectivity index (χ3n) is 2.80. The summed E-state index contributed by atoms with van der Waals surface area (Å²) in [6.07, 6.45) is 5.51. The second kappa shape index (κ2) is 3.88. The van der Waals surface area contributed by atoms with E-state index >= 15 is 0 Å². The summed E-state index contributed by atoms with van der Waals surface area (Å²) >= 11 is 0. The van der Waals surface area contributed by atoms with Crippen LogP contribution >= 0.6 is 0 Å². The molecule has 0 aromatic heterocycles. The van der Waals surface area contributed by atoms with Crippen LogP contribution in [-0.2, 0) is 4.89 Å². The first kappa shape index (κ1) is 9.50. The summed E-state index contributed by atoms with van der Waals surface area (Å²) in [4.78, 5) is 4.27. The fraction of sp³-hybridized carbons (Fsp3) is 0.889. The van der Waals surface area contributed by atoms with E-state index in [2.05, 4.69) is 4.89 Å². The second-order valence-corrected chi connectivity index (χ2v) is 3.65. The Morgan fingerprint density at radius 1 is 1.42 bits per heavy atom. The summed E-state index contributed by atoms with van der Waals surface area (Å²) in [6.45, 7) is 1.66. The molecule has 12 heavy (non-hydrogen) atoms. The minimum atomic E-state index is -0.986. The normalized spacial score (nSPS) is 24.4. The molecule has 0 amide bonds. The molecule has 0 aliphatic heterocycles. The van der Waals surface area contributed by atoms with Crippen molar-refractivity contribution in [1.82, 2.24) is 0 Å². The van der Waals surface area contributed by atoms with Crippen molar-refractivity contribution >= 4 is 0 Å². The molecule has 0 aromatic rings. The van der Waals surface area contributed by atoms with E-state index in [0.717, 1.165) is 25.7 Å². The molecule has 0 saturated heterocycles. The fourth-order valence-corrected chi connectivity index (χ4v) is 1.84. The molecule has 0 radical (unpaired) electrons. The molecule has 1 aliphatic carbocycles. The van der Waals surface area contributed by atoms with Gasteiger partial charge in [-0.1, -0.05) is 19.3 Å². The van der Waals surface area contributed by atoms with Gasteiger partial charge in [-0.25, -0.2) is 4.89 Å². The maximum atomic E-state index is 8.80. The van der Waals surface area contributed by atoms with Crippen LogP contribution in [0.4, 0.5) is 0 Å². The molecule has 68 valence electrons. The molecular weight excluding hydrogens is 154 g/mol. The van der Waals surface area contributed by atoms with Gasteiger partial charge in [0.1, 0.15) is 6.07 Å². The van der Waals surface area contributed by atoms with Crippen molar-refractivity contribution in [3.8, 4) is 6.07 Å². The van der Waals surface area contributed by atoms with E-state index in [9.17, 15) is 0 Å². The Morgan fingerprint density at radius 2 is 2.00 bits per heavy atom. The molecular formula is C9H15NO2. The van der Waals surface area contributed by atoms with Gasteiger partial charge in [-0.15, -0.1) is 0 Å². The van der Waals surface area contributed by atoms with Crippen LogP contribution in [0.3, 0.4) is 0 Å². The predicted molar refractivity (Wildman–Crippen MR) is 44.3 cm³/mol. The molecule has 0 heterocycles. The molecule has 3 nitrogen and oxygen atoms in total. The number of hydrogen-bond donors (Lipinski definition) is 1. The van der Waals surface area contributed by atoms with E-state index in [1.54, 1.807) is 6.92 Å². The topological polar surface area (TPSA) is 53.2 Å².